The molecule has 122 valence electrons. The van der Waals surface area contributed by atoms with Crippen molar-refractivity contribution >= 4 is 17.8 Å². The Morgan fingerprint density at radius 2 is 1.96 bits per heavy atom. The van der Waals surface area contributed by atoms with Gasteiger partial charge in [0, 0.05) is 0 Å². The highest BCUT2D eigenvalue weighted by Gasteiger charge is 2.23. The lowest BCUT2D eigenvalue weighted by atomic mass is 10.1. The fraction of sp³-hybridized carbons (Fsp3) is 0.353. The van der Waals surface area contributed by atoms with E-state index in [1.54, 1.807) is 12.1 Å². The Hall–Kier alpha value is -2.81. The van der Waals surface area contributed by atoms with Crippen LogP contribution in [0.15, 0.2) is 24.3 Å². The Kier molecular flexibility index (Phi) is 7.34. The van der Waals surface area contributed by atoms with Gasteiger partial charge in [-0.15, -0.1) is 6.42 Å². The molecule has 6 heteroatoms. The number of terminal acetylenes is 1. The Balaban J connectivity index is 2.93. The first-order valence-corrected chi connectivity index (χ1v) is 7.24. The molecule has 1 aromatic rings. The van der Waals surface area contributed by atoms with E-state index in [1.807, 2.05) is 6.92 Å². The van der Waals surface area contributed by atoms with Gasteiger partial charge in [-0.25, -0.2) is 9.59 Å². The number of hydrogen-bond acceptors (Lipinski definition) is 4. The van der Waals surface area contributed by atoms with E-state index in [0.717, 1.165) is 6.42 Å². The topological polar surface area (TPSA) is 92.7 Å². The minimum absolute atomic E-state index is 0.0416. The van der Waals surface area contributed by atoms with Crippen LogP contribution in [0.4, 0.5) is 0 Å². The van der Waals surface area contributed by atoms with Gasteiger partial charge in [-0.3, -0.25) is 4.79 Å². The van der Waals surface area contributed by atoms with E-state index in [4.69, 9.17) is 16.3 Å². The van der Waals surface area contributed by atoms with Crippen LogP contribution in [0.2, 0.25) is 0 Å². The number of carbonyl (C=O) groups is 3. The molecular formula is C17H19NO5. The summed E-state index contributed by atoms with van der Waals surface area (Å²) in [6, 6.07) is 5.01. The molecule has 23 heavy (non-hydrogen) atoms. The fourth-order valence-corrected chi connectivity index (χ4v) is 1.95. The van der Waals surface area contributed by atoms with Crippen molar-refractivity contribution in [1.82, 2.24) is 5.32 Å². The summed E-state index contributed by atoms with van der Waals surface area (Å²) in [5.74, 6) is -0.311. The molecular weight excluding hydrogens is 298 g/mol. The van der Waals surface area contributed by atoms with Gasteiger partial charge in [0.1, 0.15) is 6.04 Å². The Morgan fingerprint density at radius 1 is 1.30 bits per heavy atom. The molecule has 0 spiro atoms. The van der Waals surface area contributed by atoms with E-state index in [1.165, 1.54) is 12.1 Å². The van der Waals surface area contributed by atoms with Crippen molar-refractivity contribution in [3.63, 3.8) is 0 Å². The molecule has 0 saturated heterocycles. The number of benzene rings is 1. The number of ether oxygens (including phenoxy) is 1. The number of rotatable bonds is 8. The number of amides is 1. The van der Waals surface area contributed by atoms with Gasteiger partial charge in [0.2, 0.25) is 0 Å². The summed E-state index contributed by atoms with van der Waals surface area (Å²) in [4.78, 5) is 35.4. The largest absolute Gasteiger partial charge is 0.480 e. The number of hydrogen-bond donors (Lipinski definition) is 2. The summed E-state index contributed by atoms with van der Waals surface area (Å²) in [5, 5.41) is 11.6. The molecule has 6 nitrogen and oxygen atoms in total. The highest BCUT2D eigenvalue weighted by molar-refractivity contribution is 6.06. The quantitative estimate of drug-likeness (QED) is 0.564. The molecule has 0 fully saturated rings. The first-order valence-electron chi connectivity index (χ1n) is 7.24. The van der Waals surface area contributed by atoms with E-state index in [9.17, 15) is 14.4 Å². The summed E-state index contributed by atoms with van der Waals surface area (Å²) in [6.45, 7) is 1.72. The molecule has 0 radical (unpaired) electrons. The van der Waals surface area contributed by atoms with Gasteiger partial charge in [0.25, 0.3) is 5.91 Å². The van der Waals surface area contributed by atoms with Crippen molar-refractivity contribution in [3.05, 3.63) is 35.4 Å². The van der Waals surface area contributed by atoms with Crippen molar-refractivity contribution < 1.29 is 24.2 Å². The molecule has 0 heterocycles. The zero-order valence-electron chi connectivity index (χ0n) is 12.9. The predicted octanol–water partition coefficient (Wildman–Crippen LogP) is 1.85. The third-order valence-electron chi connectivity index (χ3n) is 3.13. The molecule has 0 aliphatic rings. The smallest absolute Gasteiger partial charge is 0.339 e. The van der Waals surface area contributed by atoms with E-state index in [0.29, 0.717) is 12.8 Å². The Labute approximate surface area is 134 Å². The zero-order chi connectivity index (χ0) is 17.2. The van der Waals surface area contributed by atoms with Crippen LogP contribution >= 0.6 is 0 Å². The first-order chi connectivity index (χ1) is 11.0. The van der Waals surface area contributed by atoms with E-state index in [-0.39, 0.29) is 17.7 Å². The molecule has 1 rings (SSSR count). The maximum atomic E-state index is 12.3. The number of carbonyl (C=O) groups excluding carboxylic acids is 2. The molecule has 1 amide bonds. The van der Waals surface area contributed by atoms with Crippen LogP contribution < -0.4 is 5.32 Å². The van der Waals surface area contributed by atoms with Gasteiger partial charge in [-0.1, -0.05) is 37.8 Å². The second-order valence-electron chi connectivity index (χ2n) is 4.83. The molecule has 0 aliphatic carbocycles. The van der Waals surface area contributed by atoms with Crippen LogP contribution in [0.25, 0.3) is 0 Å². The fourth-order valence-electron chi connectivity index (χ4n) is 1.95. The summed E-state index contributed by atoms with van der Waals surface area (Å²) >= 11 is 0. The monoisotopic (exact) mass is 317 g/mol. The summed E-state index contributed by atoms with van der Waals surface area (Å²) in [7, 11) is 0. The zero-order valence-corrected chi connectivity index (χ0v) is 12.9. The molecule has 0 aromatic heterocycles. The van der Waals surface area contributed by atoms with Crippen LogP contribution in [0.3, 0.4) is 0 Å². The summed E-state index contributed by atoms with van der Waals surface area (Å²) in [5.41, 5.74) is 0.0946. The van der Waals surface area contributed by atoms with Crippen molar-refractivity contribution in [1.29, 1.82) is 0 Å². The summed E-state index contributed by atoms with van der Waals surface area (Å²) in [6.07, 6.45) is 6.83. The average molecular weight is 317 g/mol. The SMILES string of the molecule is C#CCOC(=O)c1ccccc1C(=O)N[C@@H](CCCC)C(=O)O. The molecule has 0 saturated carbocycles. The van der Waals surface area contributed by atoms with Crippen LogP contribution in [-0.4, -0.2) is 35.6 Å². The van der Waals surface area contributed by atoms with Crippen molar-refractivity contribution in [2.75, 3.05) is 6.61 Å². The van der Waals surface area contributed by atoms with Gasteiger partial charge < -0.3 is 15.2 Å². The third kappa shape index (κ3) is 5.47. The highest BCUT2D eigenvalue weighted by Crippen LogP contribution is 2.12. The maximum absolute atomic E-state index is 12.3. The van der Waals surface area contributed by atoms with E-state index >= 15 is 0 Å². The molecule has 1 atom stereocenters. The van der Waals surface area contributed by atoms with Crippen molar-refractivity contribution in [3.8, 4) is 12.3 Å². The van der Waals surface area contributed by atoms with Gasteiger partial charge in [-0.2, -0.15) is 0 Å². The minimum Gasteiger partial charge on any atom is -0.480 e. The number of nitrogens with one attached hydrogen (secondary N) is 1. The molecule has 1 aromatic carbocycles. The van der Waals surface area contributed by atoms with Crippen molar-refractivity contribution in [2.45, 2.75) is 32.2 Å². The number of esters is 1. The second-order valence-corrected chi connectivity index (χ2v) is 4.83. The van der Waals surface area contributed by atoms with E-state index in [2.05, 4.69) is 11.2 Å². The average Bonchev–Trinajstić information content (AvgIpc) is 2.55. The Morgan fingerprint density at radius 3 is 2.52 bits per heavy atom. The van der Waals surface area contributed by atoms with Gasteiger partial charge in [0.05, 0.1) is 11.1 Å². The third-order valence-corrected chi connectivity index (χ3v) is 3.13. The van der Waals surface area contributed by atoms with Crippen LogP contribution in [0.5, 0.6) is 0 Å². The van der Waals surface area contributed by atoms with Crippen LogP contribution in [0, 0.1) is 12.3 Å². The van der Waals surface area contributed by atoms with Gasteiger partial charge in [-0.05, 0) is 18.6 Å². The predicted molar refractivity (Wildman–Crippen MR) is 84.0 cm³/mol. The second kappa shape index (κ2) is 9.26. The van der Waals surface area contributed by atoms with Gasteiger partial charge >= 0.3 is 11.9 Å². The number of aliphatic carboxylic acids is 1. The molecule has 2 N–H and O–H groups in total. The molecule has 0 unspecified atom stereocenters. The highest BCUT2D eigenvalue weighted by atomic mass is 16.5. The standard InChI is InChI=1S/C17H19NO5/c1-3-5-10-14(16(20)21)18-15(19)12-8-6-7-9-13(12)17(22)23-11-4-2/h2,6-9,14H,3,5,10-11H2,1H3,(H,18,19)(H,20,21)/t14-/m0/s1. The molecule has 0 bridgehead atoms. The number of unbranched alkanes of at least 4 members (excludes halogenated alkanes) is 1. The lowest BCUT2D eigenvalue weighted by Gasteiger charge is -2.15. The lowest BCUT2D eigenvalue weighted by molar-refractivity contribution is -0.139. The van der Waals surface area contributed by atoms with Crippen molar-refractivity contribution in [2.24, 2.45) is 0 Å². The van der Waals surface area contributed by atoms with E-state index < -0.39 is 23.9 Å². The Bertz CT molecular complexity index is 618. The number of carboxylic acids is 1. The minimum atomic E-state index is -1.11. The van der Waals surface area contributed by atoms with Crippen LogP contribution in [0.1, 0.15) is 46.9 Å². The summed E-state index contributed by atoms with van der Waals surface area (Å²) < 4.78 is 4.81. The first kappa shape index (κ1) is 18.2. The lowest BCUT2D eigenvalue weighted by Crippen LogP contribution is -2.41. The molecule has 0 aliphatic heterocycles. The van der Waals surface area contributed by atoms with Gasteiger partial charge in [0.15, 0.2) is 6.61 Å². The van der Waals surface area contributed by atoms with Crippen LogP contribution in [-0.2, 0) is 9.53 Å². The normalized spacial score (nSPS) is 11.1. The number of carboxylic acid groups (broad SMARTS) is 1. The maximum Gasteiger partial charge on any atom is 0.339 e.